The molecule has 0 aromatic carbocycles. The Bertz CT molecular complexity index is 255. The second-order valence-electron chi connectivity index (χ2n) is 8.56. The molecule has 0 aliphatic carbocycles. The highest BCUT2D eigenvalue weighted by Gasteiger charge is 2.28. The van der Waals surface area contributed by atoms with E-state index in [0.29, 0.717) is 11.8 Å². The lowest BCUT2D eigenvalue weighted by molar-refractivity contribution is 0.0312. The lowest BCUT2D eigenvalue weighted by atomic mass is 9.77. The quantitative estimate of drug-likeness (QED) is 0.434. The molecule has 4 heteroatoms. The summed E-state index contributed by atoms with van der Waals surface area (Å²) in [5.74, 6) is 1.28. The molecule has 0 saturated heterocycles. The van der Waals surface area contributed by atoms with Crippen molar-refractivity contribution in [3.05, 3.63) is 0 Å². The van der Waals surface area contributed by atoms with Gasteiger partial charge in [0.25, 0.3) is 0 Å². The van der Waals surface area contributed by atoms with Crippen LogP contribution in [-0.4, -0.2) is 46.9 Å². The molecular weight excluding hydrogens is 304 g/mol. The molecule has 0 aliphatic rings. The van der Waals surface area contributed by atoms with E-state index in [1.807, 2.05) is 13.8 Å². The van der Waals surface area contributed by atoms with Gasteiger partial charge >= 0.3 is 0 Å². The first kappa shape index (κ1) is 26.1. The predicted octanol–water partition coefficient (Wildman–Crippen LogP) is 3.61. The van der Waals surface area contributed by atoms with Crippen molar-refractivity contribution in [3.8, 4) is 0 Å². The number of hydrogen-bond donors (Lipinski definition) is 4. The van der Waals surface area contributed by atoms with Crippen LogP contribution in [0.25, 0.3) is 0 Å². The number of rotatable bonds is 12. The van der Waals surface area contributed by atoms with Gasteiger partial charge < -0.3 is 20.4 Å². The lowest BCUT2D eigenvalue weighted by Crippen LogP contribution is -2.30. The zero-order chi connectivity index (χ0) is 19.2. The molecule has 0 saturated carbocycles. The van der Waals surface area contributed by atoms with Crippen molar-refractivity contribution < 1.29 is 20.4 Å². The number of hydrogen-bond acceptors (Lipinski definition) is 4. The second kappa shape index (κ2) is 14.1. The topological polar surface area (TPSA) is 80.9 Å². The maximum absolute atomic E-state index is 9.44. The molecule has 0 spiro atoms. The van der Waals surface area contributed by atoms with Crippen molar-refractivity contribution >= 4 is 0 Å². The monoisotopic (exact) mass is 348 g/mol. The molecule has 0 aromatic heterocycles. The highest BCUT2D eigenvalue weighted by molar-refractivity contribution is 4.78. The van der Waals surface area contributed by atoms with Crippen LogP contribution >= 0.6 is 0 Å². The van der Waals surface area contributed by atoms with Gasteiger partial charge in [0.05, 0.1) is 26.4 Å². The number of aliphatic hydroxyl groups is 4. The Morgan fingerprint density at radius 1 is 0.667 bits per heavy atom. The molecule has 0 rings (SSSR count). The summed E-state index contributed by atoms with van der Waals surface area (Å²) in [5.41, 5.74) is -0.497. The zero-order valence-corrected chi connectivity index (χ0v) is 17.0. The Labute approximate surface area is 150 Å². The van der Waals surface area contributed by atoms with Gasteiger partial charge in [-0.2, -0.15) is 0 Å². The van der Waals surface area contributed by atoms with Crippen molar-refractivity contribution in [1.82, 2.24) is 0 Å². The highest BCUT2D eigenvalue weighted by Crippen LogP contribution is 2.31. The van der Waals surface area contributed by atoms with Gasteiger partial charge in [-0.3, -0.25) is 0 Å². The maximum atomic E-state index is 9.44. The Hall–Kier alpha value is -0.160. The van der Waals surface area contributed by atoms with E-state index in [0.717, 1.165) is 38.5 Å². The van der Waals surface area contributed by atoms with E-state index in [1.54, 1.807) is 0 Å². The fourth-order valence-corrected chi connectivity index (χ4v) is 2.49. The Balaban J connectivity index is 0. The molecule has 0 fully saturated rings. The minimum Gasteiger partial charge on any atom is -0.396 e. The minimum atomic E-state index is -0.255. The van der Waals surface area contributed by atoms with Crippen LogP contribution in [0.1, 0.15) is 80.1 Å². The molecule has 0 unspecified atom stereocenters. The van der Waals surface area contributed by atoms with E-state index in [9.17, 15) is 10.2 Å². The summed E-state index contributed by atoms with van der Waals surface area (Å²) >= 11 is 0. The highest BCUT2D eigenvalue weighted by atomic mass is 16.3. The Morgan fingerprint density at radius 3 is 1.21 bits per heavy atom. The van der Waals surface area contributed by atoms with Gasteiger partial charge in [0.2, 0.25) is 0 Å². The molecule has 4 N–H and O–H groups in total. The Kier molecular flexibility index (Phi) is 15.3. The second-order valence-corrected chi connectivity index (χ2v) is 8.56. The van der Waals surface area contributed by atoms with Gasteiger partial charge in [-0.1, -0.05) is 60.8 Å². The van der Waals surface area contributed by atoms with Crippen LogP contribution in [0.4, 0.5) is 0 Å². The minimum absolute atomic E-state index is 0.0807. The average Bonchev–Trinajstić information content (AvgIpc) is 2.56. The van der Waals surface area contributed by atoms with Crippen molar-refractivity contribution in [3.63, 3.8) is 0 Å². The van der Waals surface area contributed by atoms with Crippen LogP contribution in [0.3, 0.4) is 0 Å². The molecule has 0 radical (unpaired) electrons. The molecule has 0 amide bonds. The lowest BCUT2D eigenvalue weighted by Gasteiger charge is -2.31. The Morgan fingerprint density at radius 2 is 1.04 bits per heavy atom. The summed E-state index contributed by atoms with van der Waals surface area (Å²) in [6.07, 6.45) is 5.94. The van der Waals surface area contributed by atoms with Gasteiger partial charge in [0.1, 0.15) is 0 Å². The van der Waals surface area contributed by atoms with Crippen molar-refractivity contribution in [2.75, 3.05) is 26.4 Å². The van der Waals surface area contributed by atoms with Crippen molar-refractivity contribution in [2.24, 2.45) is 22.7 Å². The summed E-state index contributed by atoms with van der Waals surface area (Å²) in [5, 5.41) is 36.4. The average molecular weight is 349 g/mol. The third-order valence-electron chi connectivity index (χ3n) is 4.79. The van der Waals surface area contributed by atoms with Crippen LogP contribution < -0.4 is 0 Å². The molecule has 4 nitrogen and oxygen atoms in total. The van der Waals surface area contributed by atoms with E-state index >= 15 is 0 Å². The molecule has 0 bridgehead atoms. The summed E-state index contributed by atoms with van der Waals surface area (Å²) in [7, 11) is 0. The zero-order valence-electron chi connectivity index (χ0n) is 17.0. The maximum Gasteiger partial charge on any atom is 0.0509 e. The summed E-state index contributed by atoms with van der Waals surface area (Å²) in [6.45, 7) is 13.1. The molecule has 24 heavy (non-hydrogen) atoms. The molecular formula is C20H44O4. The van der Waals surface area contributed by atoms with Gasteiger partial charge in [0, 0.05) is 10.8 Å². The van der Waals surface area contributed by atoms with Crippen LogP contribution in [0.15, 0.2) is 0 Å². The fraction of sp³-hybridized carbons (Fsp3) is 1.00. The van der Waals surface area contributed by atoms with Crippen molar-refractivity contribution in [1.29, 1.82) is 0 Å². The van der Waals surface area contributed by atoms with E-state index in [2.05, 4.69) is 27.7 Å². The van der Waals surface area contributed by atoms with Gasteiger partial charge in [-0.15, -0.1) is 0 Å². The first-order chi connectivity index (χ1) is 11.1. The first-order valence-corrected chi connectivity index (χ1v) is 9.57. The SMILES string of the molecule is CC(C)CCC(CO)(CO)CCC(C)C.CCCC(C)(CO)CO. The number of aliphatic hydroxyl groups excluding tert-OH is 4. The summed E-state index contributed by atoms with van der Waals surface area (Å²) in [4.78, 5) is 0. The van der Waals surface area contributed by atoms with Crippen LogP contribution in [0, 0.1) is 22.7 Å². The summed E-state index contributed by atoms with van der Waals surface area (Å²) in [6, 6.07) is 0. The third kappa shape index (κ3) is 12.2. The van der Waals surface area contributed by atoms with E-state index in [4.69, 9.17) is 10.2 Å². The smallest absolute Gasteiger partial charge is 0.0509 e. The summed E-state index contributed by atoms with van der Waals surface area (Å²) < 4.78 is 0. The van der Waals surface area contributed by atoms with Gasteiger partial charge in [-0.25, -0.2) is 0 Å². The molecule has 0 aliphatic heterocycles. The van der Waals surface area contributed by atoms with Crippen molar-refractivity contribution in [2.45, 2.75) is 80.1 Å². The normalized spacial score (nSPS) is 12.5. The third-order valence-corrected chi connectivity index (χ3v) is 4.79. The van der Waals surface area contributed by atoms with E-state index in [1.165, 1.54) is 0 Å². The van der Waals surface area contributed by atoms with Gasteiger partial charge in [0.15, 0.2) is 0 Å². The van der Waals surface area contributed by atoms with E-state index < -0.39 is 0 Å². The fourth-order valence-electron chi connectivity index (χ4n) is 2.49. The van der Waals surface area contributed by atoms with Gasteiger partial charge in [-0.05, 0) is 31.1 Å². The predicted molar refractivity (Wildman–Crippen MR) is 102 cm³/mol. The van der Waals surface area contributed by atoms with Crippen LogP contribution in [0.5, 0.6) is 0 Å². The first-order valence-electron chi connectivity index (χ1n) is 9.57. The van der Waals surface area contributed by atoms with Crippen LogP contribution in [0.2, 0.25) is 0 Å². The molecule has 0 aromatic rings. The largest absolute Gasteiger partial charge is 0.396 e. The van der Waals surface area contributed by atoms with E-state index in [-0.39, 0.29) is 37.3 Å². The standard InChI is InChI=1S/C13H28O2.C7H16O2/c1-11(2)5-7-13(9-14,10-15)8-6-12(3)4;1-3-4-7(2,5-8)6-9/h11-12,14-15H,5-10H2,1-4H3;8-9H,3-6H2,1-2H3. The molecule has 0 atom stereocenters. The molecule has 148 valence electrons. The molecule has 0 heterocycles. The van der Waals surface area contributed by atoms with Crippen LogP contribution in [-0.2, 0) is 0 Å².